The SMILES string of the molecule is C=CCN1C(=O)/C(=c2/sc3n(c2=O)[C@@H](c2ccc(F)cc2)C(C(=O)Nc2ccccc2)=C(C)N=3)c2ccccc21. The number of nitrogens with one attached hydrogen (secondary N) is 1. The van der Waals surface area contributed by atoms with Crippen LogP contribution in [0, 0.1) is 5.82 Å². The zero-order valence-electron chi connectivity index (χ0n) is 21.4. The number of benzene rings is 3. The lowest BCUT2D eigenvalue weighted by molar-refractivity contribution is -0.114. The molecule has 3 heterocycles. The number of rotatable bonds is 5. The van der Waals surface area contributed by atoms with Crippen LogP contribution < -0.4 is 25.1 Å². The van der Waals surface area contributed by atoms with E-state index in [1.807, 2.05) is 30.3 Å². The smallest absolute Gasteiger partial charge is 0.271 e. The van der Waals surface area contributed by atoms with Gasteiger partial charge in [0.05, 0.1) is 28.6 Å². The summed E-state index contributed by atoms with van der Waals surface area (Å²) >= 11 is 1.10. The van der Waals surface area contributed by atoms with Crippen LogP contribution in [-0.2, 0) is 9.59 Å². The number of carbonyl (C=O) groups excluding carboxylic acids is 2. The Kier molecular flexibility index (Phi) is 6.36. The summed E-state index contributed by atoms with van der Waals surface area (Å²) in [4.78, 5) is 48.0. The van der Waals surface area contributed by atoms with Crippen LogP contribution in [0.15, 0.2) is 113 Å². The van der Waals surface area contributed by atoms with E-state index in [0.29, 0.717) is 39.5 Å². The molecule has 0 bridgehead atoms. The molecular weight excluding hydrogens is 527 g/mol. The van der Waals surface area contributed by atoms with Crippen LogP contribution in [0.3, 0.4) is 0 Å². The van der Waals surface area contributed by atoms with Crippen LogP contribution in [0.1, 0.15) is 24.1 Å². The number of aromatic nitrogens is 1. The Labute approximate surface area is 232 Å². The number of amides is 2. The van der Waals surface area contributed by atoms with Crippen molar-refractivity contribution >= 4 is 40.1 Å². The maximum absolute atomic E-state index is 14.2. The molecule has 1 atom stereocenters. The van der Waals surface area contributed by atoms with Crippen LogP contribution in [0.5, 0.6) is 0 Å². The molecule has 0 saturated heterocycles. The molecule has 2 aliphatic rings. The molecule has 3 aromatic carbocycles. The minimum Gasteiger partial charge on any atom is -0.322 e. The van der Waals surface area contributed by atoms with Gasteiger partial charge in [0.25, 0.3) is 17.4 Å². The molecule has 2 amide bonds. The van der Waals surface area contributed by atoms with Gasteiger partial charge in [-0.1, -0.05) is 65.9 Å². The summed E-state index contributed by atoms with van der Waals surface area (Å²) in [5.41, 5.74) is 2.99. The number of fused-ring (bicyclic) bond motifs is 2. The molecule has 4 aromatic rings. The van der Waals surface area contributed by atoms with Gasteiger partial charge in [0.15, 0.2) is 4.80 Å². The number of allylic oxidation sites excluding steroid dienone is 1. The van der Waals surface area contributed by atoms with Crippen LogP contribution in [-0.4, -0.2) is 22.9 Å². The standard InChI is InChI=1S/C31H23FN4O3S/c1-3-17-35-23-12-8-7-11-22(23)25(29(35)38)27-30(39)36-26(19-13-15-20(32)16-14-19)24(18(2)33-31(36)40-27)28(37)34-21-9-5-4-6-10-21/h3-16,26H,1,17H2,2H3,(H,34,37)/b27-25+/t26-/m0/s1. The number of anilines is 2. The average molecular weight is 551 g/mol. The van der Waals surface area contributed by atoms with E-state index in [1.54, 1.807) is 54.3 Å². The third-order valence-corrected chi connectivity index (χ3v) is 7.97. The quantitative estimate of drug-likeness (QED) is 0.383. The van der Waals surface area contributed by atoms with E-state index in [-0.39, 0.29) is 21.6 Å². The molecule has 2 aliphatic heterocycles. The Morgan fingerprint density at radius 3 is 2.48 bits per heavy atom. The van der Waals surface area contributed by atoms with E-state index in [4.69, 9.17) is 0 Å². The lowest BCUT2D eigenvalue weighted by Crippen LogP contribution is -2.41. The van der Waals surface area contributed by atoms with Crippen molar-refractivity contribution in [3.63, 3.8) is 0 Å². The summed E-state index contributed by atoms with van der Waals surface area (Å²) in [6.07, 6.45) is 1.63. The molecule has 6 rings (SSSR count). The fourth-order valence-electron chi connectivity index (χ4n) is 5.15. The Morgan fingerprint density at radius 1 is 1.05 bits per heavy atom. The Hall–Kier alpha value is -4.89. The first-order valence-corrected chi connectivity index (χ1v) is 13.4. The monoisotopic (exact) mass is 550 g/mol. The Bertz CT molecular complexity index is 1910. The van der Waals surface area contributed by atoms with Crippen LogP contribution >= 0.6 is 11.3 Å². The van der Waals surface area contributed by atoms with Gasteiger partial charge in [0.2, 0.25) is 0 Å². The fourth-order valence-corrected chi connectivity index (χ4v) is 6.29. The van der Waals surface area contributed by atoms with E-state index in [1.165, 1.54) is 16.7 Å². The zero-order chi connectivity index (χ0) is 28.0. The second-order valence-electron chi connectivity index (χ2n) is 9.37. The van der Waals surface area contributed by atoms with E-state index >= 15 is 0 Å². The molecule has 0 saturated carbocycles. The van der Waals surface area contributed by atoms with Gasteiger partial charge < -0.3 is 10.2 Å². The molecule has 0 unspecified atom stereocenters. The van der Waals surface area contributed by atoms with Crippen molar-refractivity contribution in [3.8, 4) is 0 Å². The first-order chi connectivity index (χ1) is 19.4. The summed E-state index contributed by atoms with van der Waals surface area (Å²) < 4.78 is 15.6. The fraction of sp³-hybridized carbons (Fsp3) is 0.0968. The van der Waals surface area contributed by atoms with Gasteiger partial charge in [-0.2, -0.15) is 0 Å². The first-order valence-electron chi connectivity index (χ1n) is 12.6. The average Bonchev–Trinajstić information content (AvgIpc) is 3.41. The molecule has 0 aliphatic carbocycles. The van der Waals surface area contributed by atoms with Gasteiger partial charge in [0.1, 0.15) is 10.3 Å². The molecule has 0 spiro atoms. The van der Waals surface area contributed by atoms with Crippen molar-refractivity contribution in [1.82, 2.24) is 4.57 Å². The van der Waals surface area contributed by atoms with Crippen LogP contribution in [0.2, 0.25) is 0 Å². The van der Waals surface area contributed by atoms with E-state index in [9.17, 15) is 18.8 Å². The van der Waals surface area contributed by atoms with Crippen molar-refractivity contribution in [2.75, 3.05) is 16.8 Å². The number of halogens is 1. The lowest BCUT2D eigenvalue weighted by Gasteiger charge is -2.25. The second-order valence-corrected chi connectivity index (χ2v) is 10.3. The summed E-state index contributed by atoms with van der Waals surface area (Å²) in [6, 6.07) is 21.1. The van der Waals surface area contributed by atoms with E-state index < -0.39 is 23.3 Å². The van der Waals surface area contributed by atoms with E-state index in [0.717, 1.165) is 11.3 Å². The van der Waals surface area contributed by atoms with Gasteiger partial charge in [-0.3, -0.25) is 19.0 Å². The highest BCUT2D eigenvalue weighted by Gasteiger charge is 2.36. The summed E-state index contributed by atoms with van der Waals surface area (Å²) in [6.45, 7) is 5.76. The highest BCUT2D eigenvalue weighted by atomic mass is 32.1. The molecule has 1 N–H and O–H groups in total. The Morgan fingerprint density at radius 2 is 1.75 bits per heavy atom. The number of nitrogens with zero attached hydrogens (tertiary/aromatic N) is 3. The van der Waals surface area contributed by atoms with E-state index in [2.05, 4.69) is 16.9 Å². The van der Waals surface area contributed by atoms with Crippen molar-refractivity contribution in [1.29, 1.82) is 0 Å². The third kappa shape index (κ3) is 4.11. The number of carbonyl (C=O) groups is 2. The predicted octanol–water partition coefficient (Wildman–Crippen LogP) is 3.92. The van der Waals surface area contributed by atoms with Gasteiger partial charge >= 0.3 is 0 Å². The Balaban J connectivity index is 1.58. The molecule has 0 fully saturated rings. The molecule has 198 valence electrons. The lowest BCUT2D eigenvalue weighted by atomic mass is 9.95. The first kappa shape index (κ1) is 25.4. The maximum Gasteiger partial charge on any atom is 0.271 e. The highest BCUT2D eigenvalue weighted by Crippen LogP contribution is 2.35. The summed E-state index contributed by atoms with van der Waals surface area (Å²) in [5.74, 6) is -1.17. The summed E-state index contributed by atoms with van der Waals surface area (Å²) in [7, 11) is 0. The zero-order valence-corrected chi connectivity index (χ0v) is 22.2. The number of para-hydroxylation sites is 2. The van der Waals surface area contributed by atoms with Crippen LogP contribution in [0.25, 0.3) is 5.57 Å². The largest absolute Gasteiger partial charge is 0.322 e. The minimum atomic E-state index is -0.883. The van der Waals surface area contributed by atoms with Crippen molar-refractivity contribution in [2.24, 2.45) is 4.99 Å². The second kappa shape index (κ2) is 10.0. The summed E-state index contributed by atoms with van der Waals surface area (Å²) in [5, 5.41) is 2.89. The van der Waals surface area contributed by atoms with Crippen molar-refractivity contribution in [2.45, 2.75) is 13.0 Å². The van der Waals surface area contributed by atoms with Gasteiger partial charge in [-0.15, -0.1) is 6.58 Å². The molecule has 7 nitrogen and oxygen atoms in total. The van der Waals surface area contributed by atoms with Crippen LogP contribution in [0.4, 0.5) is 15.8 Å². The molecule has 40 heavy (non-hydrogen) atoms. The molecule has 0 radical (unpaired) electrons. The molecule has 9 heteroatoms. The molecule has 1 aromatic heterocycles. The van der Waals surface area contributed by atoms with Crippen molar-refractivity contribution in [3.05, 3.63) is 139 Å². The topological polar surface area (TPSA) is 83.8 Å². The predicted molar refractivity (Wildman–Crippen MR) is 153 cm³/mol. The number of hydrogen-bond acceptors (Lipinski definition) is 5. The van der Waals surface area contributed by atoms with Crippen molar-refractivity contribution < 1.29 is 14.0 Å². The number of hydrogen-bond donors (Lipinski definition) is 1. The minimum absolute atomic E-state index is 0.229. The highest BCUT2D eigenvalue weighted by molar-refractivity contribution is 7.07. The molecular formula is C31H23FN4O3S. The normalized spacial score (nSPS) is 17.3. The third-order valence-electron chi connectivity index (χ3n) is 6.92. The maximum atomic E-state index is 14.2. The van der Waals surface area contributed by atoms with Gasteiger partial charge in [-0.25, -0.2) is 9.38 Å². The van der Waals surface area contributed by atoms with Gasteiger partial charge in [-0.05, 0) is 42.8 Å². The number of thiazole rings is 1. The van der Waals surface area contributed by atoms with Gasteiger partial charge in [0, 0.05) is 17.8 Å².